The molecule has 0 amide bonds. The van der Waals surface area contributed by atoms with Gasteiger partial charge in [0.1, 0.15) is 18.5 Å². The van der Waals surface area contributed by atoms with Gasteiger partial charge in [-0.15, -0.1) is 0 Å². The van der Waals surface area contributed by atoms with Gasteiger partial charge < -0.3 is 15.2 Å². The average Bonchev–Trinajstić information content (AvgIpc) is 2.45. The van der Waals surface area contributed by atoms with Crippen molar-refractivity contribution >= 4 is 27.7 Å². The van der Waals surface area contributed by atoms with Gasteiger partial charge in [-0.1, -0.05) is 15.9 Å². The highest BCUT2D eigenvalue weighted by molar-refractivity contribution is 9.10. The average molecular weight is 346 g/mol. The zero-order valence-corrected chi connectivity index (χ0v) is 13.3. The molecule has 3 nitrogen and oxygen atoms in total. The first-order valence-electron chi connectivity index (χ1n) is 6.61. The lowest BCUT2D eigenvalue weighted by Gasteiger charge is -2.24. The molecule has 1 aromatic carbocycles. The predicted octanol–water partition coefficient (Wildman–Crippen LogP) is 2.67. The molecule has 1 aromatic rings. The first kappa shape index (κ1) is 15.2. The number of aliphatic hydroxyl groups is 1. The van der Waals surface area contributed by atoms with Crippen molar-refractivity contribution in [1.29, 1.82) is 0 Å². The smallest absolute Gasteiger partial charge is 0.119 e. The molecule has 1 aliphatic heterocycles. The predicted molar refractivity (Wildman–Crippen MR) is 84.0 cm³/mol. The van der Waals surface area contributed by atoms with Crippen LogP contribution in [0.25, 0.3) is 0 Å². The van der Waals surface area contributed by atoms with Crippen LogP contribution in [0, 0.1) is 0 Å². The van der Waals surface area contributed by atoms with E-state index >= 15 is 0 Å². The van der Waals surface area contributed by atoms with Gasteiger partial charge in [-0.05, 0) is 42.9 Å². The second-order valence-corrected chi connectivity index (χ2v) is 6.81. The Kier molecular flexibility index (Phi) is 6.50. The number of hydrogen-bond acceptors (Lipinski definition) is 4. The van der Waals surface area contributed by atoms with E-state index in [1.54, 1.807) is 0 Å². The van der Waals surface area contributed by atoms with Gasteiger partial charge in [0.2, 0.25) is 0 Å². The van der Waals surface area contributed by atoms with Crippen molar-refractivity contribution in [3.8, 4) is 5.75 Å². The van der Waals surface area contributed by atoms with E-state index in [-0.39, 0.29) is 0 Å². The molecule has 2 rings (SSSR count). The number of halogens is 1. The first-order valence-corrected chi connectivity index (χ1v) is 8.56. The molecule has 1 aliphatic rings. The third-order valence-electron chi connectivity index (χ3n) is 3.06. The van der Waals surface area contributed by atoms with Crippen LogP contribution in [0.3, 0.4) is 0 Å². The van der Waals surface area contributed by atoms with Gasteiger partial charge in [-0.25, -0.2) is 0 Å². The minimum atomic E-state index is -0.462. The van der Waals surface area contributed by atoms with Crippen LogP contribution in [0.4, 0.5) is 0 Å². The van der Waals surface area contributed by atoms with Gasteiger partial charge in [0.15, 0.2) is 0 Å². The number of nitrogens with one attached hydrogen (secondary N) is 1. The zero-order chi connectivity index (χ0) is 13.5. The third kappa shape index (κ3) is 5.73. The summed E-state index contributed by atoms with van der Waals surface area (Å²) in [5.41, 5.74) is 0. The topological polar surface area (TPSA) is 41.5 Å². The quantitative estimate of drug-likeness (QED) is 0.831. The summed E-state index contributed by atoms with van der Waals surface area (Å²) in [7, 11) is 0. The Labute approximate surface area is 127 Å². The fourth-order valence-corrected chi connectivity index (χ4v) is 3.36. The van der Waals surface area contributed by atoms with E-state index in [1.807, 2.05) is 36.0 Å². The molecule has 2 N–H and O–H groups in total. The lowest BCUT2D eigenvalue weighted by molar-refractivity contribution is 0.104. The molecule has 0 radical (unpaired) electrons. The lowest BCUT2D eigenvalue weighted by atomic mass is 10.2. The highest BCUT2D eigenvalue weighted by Gasteiger charge is 2.14. The summed E-state index contributed by atoms with van der Waals surface area (Å²) in [6.45, 7) is 0.927. The van der Waals surface area contributed by atoms with Gasteiger partial charge in [-0.2, -0.15) is 11.8 Å². The van der Waals surface area contributed by atoms with E-state index in [0.717, 1.165) is 16.0 Å². The van der Waals surface area contributed by atoms with Crippen molar-refractivity contribution in [2.45, 2.75) is 25.0 Å². The van der Waals surface area contributed by atoms with Gasteiger partial charge in [-0.3, -0.25) is 0 Å². The summed E-state index contributed by atoms with van der Waals surface area (Å²) < 4.78 is 6.57. The van der Waals surface area contributed by atoms with Crippen molar-refractivity contribution in [2.24, 2.45) is 0 Å². The fourth-order valence-electron chi connectivity index (χ4n) is 1.99. The van der Waals surface area contributed by atoms with Crippen molar-refractivity contribution in [2.75, 3.05) is 24.7 Å². The molecule has 2 unspecified atom stereocenters. The molecule has 2 atom stereocenters. The molecule has 0 bridgehead atoms. The number of rotatable bonds is 6. The van der Waals surface area contributed by atoms with Crippen LogP contribution in [0.15, 0.2) is 28.7 Å². The number of benzene rings is 1. The summed E-state index contributed by atoms with van der Waals surface area (Å²) in [5.74, 6) is 3.21. The summed E-state index contributed by atoms with van der Waals surface area (Å²) in [6, 6.07) is 8.18. The van der Waals surface area contributed by atoms with Crippen LogP contribution in [-0.2, 0) is 0 Å². The lowest BCUT2D eigenvalue weighted by Crippen LogP contribution is -2.40. The zero-order valence-electron chi connectivity index (χ0n) is 10.8. The Morgan fingerprint density at radius 3 is 2.89 bits per heavy atom. The molecule has 0 aliphatic carbocycles. The Morgan fingerprint density at radius 1 is 1.42 bits per heavy atom. The largest absolute Gasteiger partial charge is 0.491 e. The molecule has 5 heteroatoms. The van der Waals surface area contributed by atoms with E-state index < -0.39 is 6.10 Å². The number of ether oxygens (including phenoxy) is 1. The maximum absolute atomic E-state index is 9.89. The summed E-state index contributed by atoms with van der Waals surface area (Å²) >= 11 is 5.36. The third-order valence-corrected chi connectivity index (χ3v) is 4.80. The van der Waals surface area contributed by atoms with Crippen LogP contribution >= 0.6 is 27.7 Å². The second-order valence-electron chi connectivity index (χ2n) is 4.74. The molecule has 1 saturated heterocycles. The maximum Gasteiger partial charge on any atom is 0.119 e. The van der Waals surface area contributed by atoms with E-state index in [4.69, 9.17) is 4.74 Å². The van der Waals surface area contributed by atoms with Crippen LogP contribution in [0.2, 0.25) is 0 Å². The van der Waals surface area contributed by atoms with Crippen LogP contribution in [-0.4, -0.2) is 41.9 Å². The monoisotopic (exact) mass is 345 g/mol. The fraction of sp³-hybridized carbons (Fsp3) is 0.571. The Bertz CT molecular complexity index is 368. The Hall–Kier alpha value is -0.230. The molecule has 0 spiro atoms. The van der Waals surface area contributed by atoms with Crippen LogP contribution in [0.1, 0.15) is 12.8 Å². The van der Waals surface area contributed by atoms with E-state index in [0.29, 0.717) is 19.2 Å². The normalized spacial score (nSPS) is 21.1. The van der Waals surface area contributed by atoms with Crippen LogP contribution in [0.5, 0.6) is 5.75 Å². The van der Waals surface area contributed by atoms with Gasteiger partial charge in [0.05, 0.1) is 0 Å². The van der Waals surface area contributed by atoms with Gasteiger partial charge in [0, 0.05) is 22.8 Å². The van der Waals surface area contributed by atoms with E-state index in [1.165, 1.54) is 18.6 Å². The molecule has 1 heterocycles. The van der Waals surface area contributed by atoms with Crippen molar-refractivity contribution in [3.05, 3.63) is 28.7 Å². The standard InChI is InChI=1S/C14H20BrNO2S/c15-11-3-5-14(6-4-11)18-9-13(17)8-16-12-2-1-7-19-10-12/h3-6,12-13,16-17H,1-2,7-10H2. The maximum atomic E-state index is 9.89. The molecular formula is C14H20BrNO2S. The second kappa shape index (κ2) is 8.15. The molecule has 19 heavy (non-hydrogen) atoms. The van der Waals surface area contributed by atoms with Crippen LogP contribution < -0.4 is 10.1 Å². The van der Waals surface area contributed by atoms with Crippen molar-refractivity contribution < 1.29 is 9.84 Å². The van der Waals surface area contributed by atoms with Gasteiger partial charge in [0.25, 0.3) is 0 Å². The van der Waals surface area contributed by atoms with Crippen molar-refractivity contribution in [1.82, 2.24) is 5.32 Å². The van der Waals surface area contributed by atoms with Crippen molar-refractivity contribution in [3.63, 3.8) is 0 Å². The van der Waals surface area contributed by atoms with E-state index in [2.05, 4.69) is 21.2 Å². The summed E-state index contributed by atoms with van der Waals surface area (Å²) in [5, 5.41) is 13.3. The minimum absolute atomic E-state index is 0.328. The molecular weight excluding hydrogens is 326 g/mol. The summed E-state index contributed by atoms with van der Waals surface area (Å²) in [6.07, 6.45) is 2.02. The minimum Gasteiger partial charge on any atom is -0.491 e. The Morgan fingerprint density at radius 2 is 2.21 bits per heavy atom. The van der Waals surface area contributed by atoms with Gasteiger partial charge >= 0.3 is 0 Å². The Balaban J connectivity index is 1.63. The molecule has 0 aromatic heterocycles. The summed E-state index contributed by atoms with van der Waals surface area (Å²) in [4.78, 5) is 0. The highest BCUT2D eigenvalue weighted by Crippen LogP contribution is 2.17. The number of aliphatic hydroxyl groups excluding tert-OH is 1. The number of thioether (sulfide) groups is 1. The molecule has 0 saturated carbocycles. The highest BCUT2D eigenvalue weighted by atomic mass is 79.9. The van der Waals surface area contributed by atoms with E-state index in [9.17, 15) is 5.11 Å². The molecule has 1 fully saturated rings. The number of hydrogen-bond donors (Lipinski definition) is 2. The SMILES string of the molecule is OC(CNC1CCCSC1)COc1ccc(Br)cc1. The molecule has 106 valence electrons. The first-order chi connectivity index (χ1) is 9.24.